The molecule has 1 aliphatic rings. The Balaban J connectivity index is 1.43. The average Bonchev–Trinajstić information content (AvgIpc) is 3.05. The number of fused-ring (bicyclic) bond motifs is 2. The number of pyridine rings is 1. The van der Waals surface area contributed by atoms with Crippen molar-refractivity contribution in [2.24, 2.45) is 0 Å². The zero-order valence-electron chi connectivity index (χ0n) is 14.3. The lowest BCUT2D eigenvalue weighted by Crippen LogP contribution is -2.52. The minimum atomic E-state index is -1.21. The molecule has 0 aliphatic carbocycles. The lowest BCUT2D eigenvalue weighted by Gasteiger charge is -2.33. The van der Waals surface area contributed by atoms with E-state index >= 15 is 0 Å². The molecule has 1 unspecified atom stereocenters. The summed E-state index contributed by atoms with van der Waals surface area (Å²) >= 11 is 0. The highest BCUT2D eigenvalue weighted by Crippen LogP contribution is 2.28. The molecule has 0 spiro atoms. The van der Waals surface area contributed by atoms with Crippen molar-refractivity contribution in [3.05, 3.63) is 65.6 Å². The van der Waals surface area contributed by atoms with Crippen LogP contribution in [0.25, 0.3) is 5.65 Å². The lowest BCUT2D eigenvalue weighted by molar-refractivity contribution is -0.139. The second-order valence-electron chi connectivity index (χ2n) is 6.51. The van der Waals surface area contributed by atoms with Gasteiger partial charge in [-0.05, 0) is 30.7 Å². The van der Waals surface area contributed by atoms with Crippen LogP contribution in [0, 0.1) is 0 Å². The predicted molar refractivity (Wildman–Crippen MR) is 93.7 cm³/mol. The maximum absolute atomic E-state index is 12.6. The summed E-state index contributed by atoms with van der Waals surface area (Å²) in [7, 11) is 0. The summed E-state index contributed by atoms with van der Waals surface area (Å²) in [6.45, 7) is 2.02. The molecular formula is C19H18N4O3. The number of hydrogen-bond acceptors (Lipinski definition) is 5. The molecule has 0 saturated carbocycles. The first-order chi connectivity index (χ1) is 12.6. The summed E-state index contributed by atoms with van der Waals surface area (Å²) in [5.41, 5.74) is 0.898. The van der Waals surface area contributed by atoms with E-state index in [1.54, 1.807) is 19.1 Å². The first-order valence-corrected chi connectivity index (χ1v) is 8.45. The van der Waals surface area contributed by atoms with E-state index in [9.17, 15) is 9.59 Å². The monoisotopic (exact) mass is 350 g/mol. The number of carbonyl (C=O) groups is 2. The summed E-state index contributed by atoms with van der Waals surface area (Å²) < 4.78 is 7.32. The van der Waals surface area contributed by atoms with E-state index in [1.807, 2.05) is 40.9 Å². The van der Waals surface area contributed by atoms with Crippen molar-refractivity contribution in [3.63, 3.8) is 0 Å². The van der Waals surface area contributed by atoms with E-state index in [1.165, 1.54) is 0 Å². The molecule has 1 aliphatic heterocycles. The fourth-order valence-electron chi connectivity index (χ4n) is 3.20. The van der Waals surface area contributed by atoms with Crippen LogP contribution in [0.2, 0.25) is 0 Å². The molecule has 0 bridgehead atoms. The van der Waals surface area contributed by atoms with Gasteiger partial charge in [-0.1, -0.05) is 24.3 Å². The topological polar surface area (TPSA) is 85.6 Å². The summed E-state index contributed by atoms with van der Waals surface area (Å²) in [5, 5.41) is 11.1. The third-order valence-electron chi connectivity index (χ3n) is 4.58. The Bertz CT molecular complexity index is 997. The van der Waals surface area contributed by atoms with Crippen LogP contribution in [0.1, 0.15) is 28.7 Å². The minimum Gasteiger partial charge on any atom is -0.445 e. The number of carbonyl (C=O) groups excluding carboxylic acids is 2. The number of amides is 1. The van der Waals surface area contributed by atoms with Gasteiger partial charge in [-0.25, -0.2) is 4.79 Å². The number of cyclic esters (lactones) is 1. The van der Waals surface area contributed by atoms with Crippen LogP contribution in [0.4, 0.5) is 0 Å². The van der Waals surface area contributed by atoms with E-state index in [2.05, 4.69) is 15.5 Å². The zero-order chi connectivity index (χ0) is 18.1. The second-order valence-corrected chi connectivity index (χ2v) is 6.51. The van der Waals surface area contributed by atoms with E-state index in [0.717, 1.165) is 17.0 Å². The van der Waals surface area contributed by atoms with E-state index in [-0.39, 0.29) is 5.91 Å². The number of rotatable bonds is 4. The maximum atomic E-state index is 12.6. The molecular weight excluding hydrogens is 332 g/mol. The van der Waals surface area contributed by atoms with E-state index in [4.69, 9.17) is 4.74 Å². The molecule has 26 heavy (non-hydrogen) atoms. The largest absolute Gasteiger partial charge is 0.445 e. The van der Waals surface area contributed by atoms with E-state index < -0.39 is 11.6 Å². The van der Waals surface area contributed by atoms with Crippen molar-refractivity contribution < 1.29 is 14.3 Å². The van der Waals surface area contributed by atoms with Crippen molar-refractivity contribution in [2.45, 2.75) is 25.4 Å². The van der Waals surface area contributed by atoms with Gasteiger partial charge in [0.1, 0.15) is 5.82 Å². The van der Waals surface area contributed by atoms with Crippen molar-refractivity contribution >= 4 is 17.5 Å². The molecule has 0 saturated heterocycles. The number of esters is 1. The van der Waals surface area contributed by atoms with Crippen LogP contribution in [0.15, 0.2) is 48.7 Å². The lowest BCUT2D eigenvalue weighted by atomic mass is 9.89. The van der Waals surface area contributed by atoms with Gasteiger partial charge in [0.25, 0.3) is 5.91 Å². The molecule has 7 heteroatoms. The Morgan fingerprint density at radius 2 is 2.04 bits per heavy atom. The van der Waals surface area contributed by atoms with Gasteiger partial charge in [-0.2, -0.15) is 0 Å². The number of nitrogens with zero attached hydrogens (tertiary/aromatic N) is 3. The minimum absolute atomic E-state index is 0.311. The molecule has 3 heterocycles. The zero-order valence-corrected chi connectivity index (χ0v) is 14.3. The molecule has 1 atom stereocenters. The molecule has 4 rings (SSSR count). The molecule has 1 amide bonds. The Morgan fingerprint density at radius 3 is 2.92 bits per heavy atom. The SMILES string of the molecule is CC1(C(=O)NCCc2nnc3ccccn23)Cc2ccccc2C(=O)O1. The maximum Gasteiger partial charge on any atom is 0.339 e. The van der Waals surface area contributed by atoms with E-state index in [0.29, 0.717) is 24.9 Å². The van der Waals surface area contributed by atoms with Gasteiger partial charge in [-0.3, -0.25) is 9.20 Å². The summed E-state index contributed by atoms with van der Waals surface area (Å²) in [5.74, 6) is -0.0147. The van der Waals surface area contributed by atoms with Gasteiger partial charge in [-0.15, -0.1) is 10.2 Å². The van der Waals surface area contributed by atoms with Crippen molar-refractivity contribution in [2.75, 3.05) is 6.54 Å². The molecule has 132 valence electrons. The van der Waals surface area contributed by atoms with Crippen molar-refractivity contribution in [1.29, 1.82) is 0 Å². The Morgan fingerprint density at radius 1 is 1.23 bits per heavy atom. The molecule has 2 aromatic heterocycles. The first kappa shape index (κ1) is 16.3. The Labute approximate surface area is 150 Å². The van der Waals surface area contributed by atoms with Crippen LogP contribution in [0.5, 0.6) is 0 Å². The third kappa shape index (κ3) is 2.81. The standard InChI is InChI=1S/C19H18N4O3/c1-19(12-13-6-2-3-7-14(13)17(24)26-19)18(25)20-10-9-16-22-21-15-8-4-5-11-23(15)16/h2-8,11H,9-10,12H2,1H3,(H,20,25). The second kappa shape index (κ2) is 6.25. The van der Waals surface area contributed by atoms with Crippen LogP contribution in [0.3, 0.4) is 0 Å². The van der Waals surface area contributed by atoms with Crippen LogP contribution < -0.4 is 5.32 Å². The number of benzene rings is 1. The highest BCUT2D eigenvalue weighted by molar-refractivity contribution is 5.97. The third-order valence-corrected chi connectivity index (χ3v) is 4.58. The normalized spacial score (nSPS) is 19.0. The van der Waals surface area contributed by atoms with Crippen LogP contribution in [-0.4, -0.2) is 38.6 Å². The summed E-state index contributed by atoms with van der Waals surface area (Å²) in [4.78, 5) is 24.8. The van der Waals surface area contributed by atoms with Crippen molar-refractivity contribution in [1.82, 2.24) is 19.9 Å². The van der Waals surface area contributed by atoms with Crippen LogP contribution >= 0.6 is 0 Å². The van der Waals surface area contributed by atoms with Crippen molar-refractivity contribution in [3.8, 4) is 0 Å². The van der Waals surface area contributed by atoms with Gasteiger partial charge in [0.05, 0.1) is 5.56 Å². The number of ether oxygens (including phenoxy) is 1. The summed E-state index contributed by atoms with van der Waals surface area (Å²) in [6.07, 6.45) is 2.76. The smallest absolute Gasteiger partial charge is 0.339 e. The van der Waals surface area contributed by atoms with Gasteiger partial charge in [0.2, 0.25) is 0 Å². The molecule has 0 fully saturated rings. The molecule has 1 aromatic carbocycles. The molecule has 0 radical (unpaired) electrons. The molecule has 3 aromatic rings. The number of nitrogens with one attached hydrogen (secondary N) is 1. The fraction of sp³-hybridized carbons (Fsp3) is 0.263. The Hall–Kier alpha value is -3.22. The predicted octanol–water partition coefficient (Wildman–Crippen LogP) is 1.56. The summed E-state index contributed by atoms with van der Waals surface area (Å²) in [6, 6.07) is 12.9. The first-order valence-electron chi connectivity index (χ1n) is 8.45. The molecule has 7 nitrogen and oxygen atoms in total. The van der Waals surface area contributed by atoms with Crippen LogP contribution in [-0.2, 0) is 22.4 Å². The quantitative estimate of drug-likeness (QED) is 0.722. The highest BCUT2D eigenvalue weighted by Gasteiger charge is 2.42. The van der Waals surface area contributed by atoms with Gasteiger partial charge >= 0.3 is 5.97 Å². The highest BCUT2D eigenvalue weighted by atomic mass is 16.6. The Kier molecular flexibility index (Phi) is 3.91. The van der Waals surface area contributed by atoms with Gasteiger partial charge < -0.3 is 10.1 Å². The van der Waals surface area contributed by atoms with Gasteiger partial charge in [0, 0.05) is 25.6 Å². The van der Waals surface area contributed by atoms with Gasteiger partial charge in [0.15, 0.2) is 11.2 Å². The fourth-order valence-corrected chi connectivity index (χ4v) is 3.20. The average molecular weight is 350 g/mol. The number of aromatic nitrogens is 3. The molecule has 1 N–H and O–H groups in total. The number of hydrogen-bond donors (Lipinski definition) is 1.